The number of hydrogen-bond acceptors (Lipinski definition) is 5. The maximum Gasteiger partial charge on any atom is 0.129 e. The van der Waals surface area contributed by atoms with Crippen LogP contribution < -0.4 is 0 Å². The van der Waals surface area contributed by atoms with Gasteiger partial charge in [0.25, 0.3) is 0 Å². The summed E-state index contributed by atoms with van der Waals surface area (Å²) in [5, 5.41) is 19.6. The molecule has 0 radical (unpaired) electrons. The molecule has 1 atom stereocenters. The van der Waals surface area contributed by atoms with Crippen LogP contribution in [0.1, 0.15) is 22.6 Å². The Bertz CT molecular complexity index is 689. The Hall–Kier alpha value is -1.66. The van der Waals surface area contributed by atoms with E-state index in [0.717, 1.165) is 38.2 Å². The van der Waals surface area contributed by atoms with E-state index in [1.165, 1.54) is 11.1 Å². The predicted octanol–water partition coefficient (Wildman–Crippen LogP) is 1.42. The van der Waals surface area contributed by atoms with Crippen LogP contribution in [0.25, 0.3) is 0 Å². The lowest BCUT2D eigenvalue weighted by Crippen LogP contribution is -2.41. The molecular formula is C20H26N2O3. The van der Waals surface area contributed by atoms with Gasteiger partial charge in [-0.25, -0.2) is 0 Å². The molecular weight excluding hydrogens is 316 g/mol. The molecule has 0 spiro atoms. The molecule has 2 N–H and O–H groups in total. The summed E-state index contributed by atoms with van der Waals surface area (Å²) in [6.45, 7) is 3.87. The van der Waals surface area contributed by atoms with E-state index in [4.69, 9.17) is 9.52 Å². The van der Waals surface area contributed by atoms with Gasteiger partial charge in [0, 0.05) is 32.2 Å². The molecule has 0 bridgehead atoms. The van der Waals surface area contributed by atoms with Gasteiger partial charge in [0.05, 0.1) is 12.6 Å². The van der Waals surface area contributed by atoms with Crippen molar-refractivity contribution < 1.29 is 14.6 Å². The molecule has 5 nitrogen and oxygen atoms in total. The summed E-state index contributed by atoms with van der Waals surface area (Å²) in [6.07, 6.45) is 1.82. The molecule has 2 aromatic rings. The number of rotatable bonds is 4. The van der Waals surface area contributed by atoms with E-state index in [2.05, 4.69) is 34.1 Å². The lowest BCUT2D eigenvalue weighted by molar-refractivity contribution is 0.0932. The van der Waals surface area contributed by atoms with Gasteiger partial charge in [-0.05, 0) is 36.1 Å². The van der Waals surface area contributed by atoms with Crippen LogP contribution in [0.2, 0.25) is 0 Å². The highest BCUT2D eigenvalue weighted by atomic mass is 16.4. The lowest BCUT2D eigenvalue weighted by atomic mass is 10.1. The molecule has 5 heteroatoms. The molecule has 0 amide bonds. The number of β-amino-alcohol motifs (C(OH)–C–C–N with tert-alkyl or cyclic N) is 1. The van der Waals surface area contributed by atoms with Crippen LogP contribution >= 0.6 is 0 Å². The van der Waals surface area contributed by atoms with Crippen LogP contribution in [0.4, 0.5) is 0 Å². The SMILES string of the molecule is OCc1ccc(CN2CCN(C3Cc4ccccc4C3)C[C@H](O)C2)o1. The van der Waals surface area contributed by atoms with E-state index in [9.17, 15) is 5.11 Å². The van der Waals surface area contributed by atoms with Crippen LogP contribution in [0.15, 0.2) is 40.8 Å². The van der Waals surface area contributed by atoms with Gasteiger partial charge in [-0.15, -0.1) is 0 Å². The fraction of sp³-hybridized carbons (Fsp3) is 0.500. The average molecular weight is 342 g/mol. The van der Waals surface area contributed by atoms with Crippen molar-refractivity contribution in [2.45, 2.75) is 38.1 Å². The summed E-state index contributed by atoms with van der Waals surface area (Å²) in [7, 11) is 0. The molecule has 0 unspecified atom stereocenters. The zero-order valence-electron chi connectivity index (χ0n) is 14.5. The average Bonchev–Trinajstić information content (AvgIpc) is 3.20. The van der Waals surface area contributed by atoms with Gasteiger partial charge >= 0.3 is 0 Å². The zero-order valence-corrected chi connectivity index (χ0v) is 14.5. The maximum atomic E-state index is 10.5. The Morgan fingerprint density at radius 1 is 0.960 bits per heavy atom. The summed E-state index contributed by atoms with van der Waals surface area (Å²) in [5.41, 5.74) is 2.91. The van der Waals surface area contributed by atoms with Gasteiger partial charge in [0.1, 0.15) is 18.1 Å². The third-order valence-electron chi connectivity index (χ3n) is 5.42. The standard InChI is InChI=1S/C20H26N2O3/c23-14-20-6-5-19(25-20)13-21-7-8-22(12-18(24)11-21)17-9-15-3-1-2-4-16(15)10-17/h1-6,17-18,23-24H,7-14H2/t18-/m1/s1. The van der Waals surface area contributed by atoms with E-state index in [1.807, 2.05) is 12.1 Å². The molecule has 2 aliphatic rings. The number of nitrogens with zero attached hydrogens (tertiary/aromatic N) is 2. The molecule has 134 valence electrons. The van der Waals surface area contributed by atoms with Crippen LogP contribution in [0.3, 0.4) is 0 Å². The van der Waals surface area contributed by atoms with Crippen LogP contribution in [-0.4, -0.2) is 58.3 Å². The molecule has 0 saturated carbocycles. The number of benzene rings is 1. The number of aliphatic hydroxyl groups is 2. The predicted molar refractivity (Wildman–Crippen MR) is 95.1 cm³/mol. The molecule has 1 aromatic carbocycles. The molecule has 2 heterocycles. The van der Waals surface area contributed by atoms with Crippen molar-refractivity contribution in [1.82, 2.24) is 9.80 Å². The Kier molecular flexibility index (Phi) is 4.90. The van der Waals surface area contributed by atoms with Gasteiger partial charge in [0.2, 0.25) is 0 Å². The molecule has 4 rings (SSSR count). The number of furan rings is 1. The molecule has 1 fully saturated rings. The summed E-state index contributed by atoms with van der Waals surface area (Å²) in [5.74, 6) is 1.44. The first kappa shape index (κ1) is 16.8. The molecule has 25 heavy (non-hydrogen) atoms. The number of aliphatic hydroxyl groups excluding tert-OH is 2. The smallest absolute Gasteiger partial charge is 0.129 e. The largest absolute Gasteiger partial charge is 0.462 e. The first-order valence-electron chi connectivity index (χ1n) is 9.11. The van der Waals surface area contributed by atoms with Crippen molar-refractivity contribution in [1.29, 1.82) is 0 Å². The lowest BCUT2D eigenvalue weighted by Gasteiger charge is -2.28. The first-order chi connectivity index (χ1) is 12.2. The van der Waals surface area contributed by atoms with Crippen LogP contribution in [0.5, 0.6) is 0 Å². The second-order valence-corrected chi connectivity index (χ2v) is 7.24. The highest BCUT2D eigenvalue weighted by Crippen LogP contribution is 2.26. The van der Waals surface area contributed by atoms with Gasteiger partial charge < -0.3 is 14.6 Å². The van der Waals surface area contributed by atoms with E-state index in [1.54, 1.807) is 0 Å². The highest BCUT2D eigenvalue weighted by Gasteiger charge is 2.30. The van der Waals surface area contributed by atoms with Crippen molar-refractivity contribution in [2.24, 2.45) is 0 Å². The van der Waals surface area contributed by atoms with Crippen molar-refractivity contribution in [3.05, 3.63) is 59.0 Å². The second kappa shape index (κ2) is 7.30. The first-order valence-corrected chi connectivity index (χ1v) is 9.11. The Morgan fingerprint density at radius 2 is 1.68 bits per heavy atom. The summed E-state index contributed by atoms with van der Waals surface area (Å²) >= 11 is 0. The number of fused-ring (bicyclic) bond motifs is 1. The Balaban J connectivity index is 1.38. The molecule has 1 aliphatic carbocycles. The number of hydrogen-bond donors (Lipinski definition) is 2. The summed E-state index contributed by atoms with van der Waals surface area (Å²) < 4.78 is 5.59. The minimum absolute atomic E-state index is 0.0708. The quantitative estimate of drug-likeness (QED) is 0.880. The van der Waals surface area contributed by atoms with E-state index in [-0.39, 0.29) is 12.7 Å². The monoisotopic (exact) mass is 342 g/mol. The Labute approximate surface area is 148 Å². The molecule has 1 aliphatic heterocycles. The minimum atomic E-state index is -0.349. The van der Waals surface area contributed by atoms with Gasteiger partial charge in [0.15, 0.2) is 0 Å². The molecule has 1 saturated heterocycles. The summed E-state index contributed by atoms with van der Waals surface area (Å²) in [4.78, 5) is 4.69. The van der Waals surface area contributed by atoms with E-state index >= 15 is 0 Å². The normalized spacial score (nSPS) is 22.9. The third kappa shape index (κ3) is 3.80. The van der Waals surface area contributed by atoms with Crippen LogP contribution in [-0.2, 0) is 26.0 Å². The van der Waals surface area contributed by atoms with Crippen molar-refractivity contribution in [3.8, 4) is 0 Å². The molecule has 1 aromatic heterocycles. The van der Waals surface area contributed by atoms with Gasteiger partial charge in [-0.2, -0.15) is 0 Å². The topological polar surface area (TPSA) is 60.1 Å². The van der Waals surface area contributed by atoms with Crippen LogP contribution in [0, 0.1) is 0 Å². The van der Waals surface area contributed by atoms with E-state index in [0.29, 0.717) is 24.9 Å². The zero-order chi connectivity index (χ0) is 17.2. The van der Waals surface area contributed by atoms with Crippen molar-refractivity contribution in [3.63, 3.8) is 0 Å². The fourth-order valence-electron chi connectivity index (χ4n) is 4.16. The fourth-order valence-corrected chi connectivity index (χ4v) is 4.16. The van der Waals surface area contributed by atoms with E-state index < -0.39 is 0 Å². The maximum absolute atomic E-state index is 10.5. The van der Waals surface area contributed by atoms with Gasteiger partial charge in [-0.3, -0.25) is 9.80 Å². The van der Waals surface area contributed by atoms with Gasteiger partial charge in [-0.1, -0.05) is 24.3 Å². The highest BCUT2D eigenvalue weighted by molar-refractivity contribution is 5.33. The minimum Gasteiger partial charge on any atom is -0.462 e. The van der Waals surface area contributed by atoms with Crippen molar-refractivity contribution >= 4 is 0 Å². The summed E-state index contributed by atoms with van der Waals surface area (Å²) in [6, 6.07) is 12.9. The Morgan fingerprint density at radius 3 is 2.36 bits per heavy atom. The van der Waals surface area contributed by atoms with Crippen molar-refractivity contribution in [2.75, 3.05) is 26.2 Å². The second-order valence-electron chi connectivity index (χ2n) is 7.24. The third-order valence-corrected chi connectivity index (χ3v) is 5.42.